The van der Waals surface area contributed by atoms with E-state index in [1.54, 1.807) is 6.20 Å². The number of aryl methyl sites for hydroxylation is 1. The molecule has 1 fully saturated rings. The highest BCUT2D eigenvalue weighted by Crippen LogP contribution is 2.34. The van der Waals surface area contributed by atoms with Gasteiger partial charge in [-0.25, -0.2) is 4.98 Å². The van der Waals surface area contributed by atoms with Crippen molar-refractivity contribution in [3.05, 3.63) is 41.7 Å². The molecule has 5 rings (SSSR count). The molecule has 0 aromatic carbocycles. The number of hydrogen-bond acceptors (Lipinski definition) is 8. The highest BCUT2D eigenvalue weighted by molar-refractivity contribution is 7.13. The molecule has 1 aliphatic rings. The zero-order valence-electron chi connectivity index (χ0n) is 16.6. The Morgan fingerprint density at radius 2 is 2.27 bits per heavy atom. The average molecular weight is 424 g/mol. The van der Waals surface area contributed by atoms with Gasteiger partial charge in [0.15, 0.2) is 10.9 Å². The third-order valence-electron chi connectivity index (χ3n) is 5.35. The fraction of sp³-hybridized carbons (Fsp3) is 0.316. The first-order chi connectivity index (χ1) is 14.5. The normalized spacial score (nSPS) is 18.8. The summed E-state index contributed by atoms with van der Waals surface area (Å²) in [5.74, 6) is 1.65. The van der Waals surface area contributed by atoms with Crippen LogP contribution in [0.3, 0.4) is 0 Å². The van der Waals surface area contributed by atoms with Crippen LogP contribution in [-0.2, 0) is 4.79 Å². The van der Waals surface area contributed by atoms with Gasteiger partial charge in [-0.15, -0.1) is 11.3 Å². The van der Waals surface area contributed by atoms with E-state index in [0.29, 0.717) is 35.8 Å². The monoisotopic (exact) mass is 423 g/mol. The van der Waals surface area contributed by atoms with Gasteiger partial charge >= 0.3 is 0 Å². The quantitative estimate of drug-likeness (QED) is 0.452. The molecule has 0 spiro atoms. The maximum atomic E-state index is 13.1. The van der Waals surface area contributed by atoms with E-state index in [0.717, 1.165) is 17.8 Å². The molecule has 4 aromatic heterocycles. The van der Waals surface area contributed by atoms with E-state index in [4.69, 9.17) is 9.97 Å². The molecular weight excluding hydrogens is 402 g/mol. The van der Waals surface area contributed by atoms with E-state index in [9.17, 15) is 4.79 Å². The van der Waals surface area contributed by atoms with Gasteiger partial charge in [0.05, 0.1) is 0 Å². The smallest absolute Gasteiger partial charge is 0.251 e. The standard InChI is InChI=1S/C19H21N9OS/c1-12-11-13(26-25-12)21-16-24-17(22-14-5-3-8-27(14)16)28-9-4-6-19(28,2)15(29)23-18-20-7-10-30-18/h3,5,7-8,10-11H,4,6,9H2,1-2H3,(H,20,23,29)(H2,21,22,24,25,26)/t19-/m0/s1. The van der Waals surface area contributed by atoms with Crippen LogP contribution in [0.25, 0.3) is 5.65 Å². The molecule has 4 aromatic rings. The molecule has 0 bridgehead atoms. The Balaban J connectivity index is 1.50. The third kappa shape index (κ3) is 3.16. The van der Waals surface area contributed by atoms with Crippen molar-refractivity contribution < 1.29 is 4.79 Å². The predicted octanol–water partition coefficient (Wildman–Crippen LogP) is 2.96. The summed E-state index contributed by atoms with van der Waals surface area (Å²) in [6.07, 6.45) is 5.15. The molecule has 0 unspecified atom stereocenters. The maximum Gasteiger partial charge on any atom is 0.251 e. The van der Waals surface area contributed by atoms with Crippen LogP contribution in [0.4, 0.5) is 22.8 Å². The molecule has 1 amide bonds. The largest absolute Gasteiger partial charge is 0.326 e. The average Bonchev–Trinajstić information content (AvgIpc) is 3.50. The minimum atomic E-state index is -0.767. The van der Waals surface area contributed by atoms with Crippen LogP contribution in [0.2, 0.25) is 0 Å². The zero-order valence-corrected chi connectivity index (χ0v) is 17.4. The van der Waals surface area contributed by atoms with Crippen molar-refractivity contribution in [3.8, 4) is 0 Å². The molecule has 3 N–H and O–H groups in total. The van der Waals surface area contributed by atoms with Crippen LogP contribution >= 0.6 is 11.3 Å². The number of carbonyl (C=O) groups excluding carboxylic acids is 1. The lowest BCUT2D eigenvalue weighted by atomic mass is 9.98. The van der Waals surface area contributed by atoms with Gasteiger partial charge in [0.1, 0.15) is 11.2 Å². The molecule has 5 heterocycles. The van der Waals surface area contributed by atoms with Crippen molar-refractivity contribution in [1.29, 1.82) is 0 Å². The summed E-state index contributed by atoms with van der Waals surface area (Å²) in [5, 5.41) is 15.8. The molecule has 1 atom stereocenters. The molecular formula is C19H21N9OS. The Morgan fingerprint density at radius 1 is 1.37 bits per heavy atom. The van der Waals surface area contributed by atoms with Crippen LogP contribution in [0.5, 0.6) is 0 Å². The van der Waals surface area contributed by atoms with Crippen LogP contribution in [-0.4, -0.2) is 47.5 Å². The maximum absolute atomic E-state index is 13.1. The Morgan fingerprint density at radius 3 is 3.03 bits per heavy atom. The number of nitrogens with zero attached hydrogens (tertiary/aromatic N) is 6. The number of carbonyl (C=O) groups is 1. The fourth-order valence-electron chi connectivity index (χ4n) is 3.76. The number of thiazole rings is 1. The van der Waals surface area contributed by atoms with Crippen molar-refractivity contribution in [1.82, 2.24) is 29.5 Å². The molecule has 0 saturated carbocycles. The van der Waals surface area contributed by atoms with E-state index in [-0.39, 0.29) is 5.91 Å². The first kappa shape index (κ1) is 18.6. The molecule has 11 heteroatoms. The van der Waals surface area contributed by atoms with Crippen molar-refractivity contribution in [2.45, 2.75) is 32.2 Å². The molecule has 1 saturated heterocycles. The summed E-state index contributed by atoms with van der Waals surface area (Å²) in [6, 6.07) is 5.72. The van der Waals surface area contributed by atoms with Gasteiger partial charge in [-0.05, 0) is 38.8 Å². The summed E-state index contributed by atoms with van der Waals surface area (Å²) in [7, 11) is 0. The Bertz CT molecular complexity index is 1200. The predicted molar refractivity (Wildman–Crippen MR) is 115 cm³/mol. The Hall–Kier alpha value is -3.47. The SMILES string of the molecule is Cc1cc(Nc2nc(N3CCC[C@@]3(C)C(=O)Nc3nccs3)nc3cccn23)n[nH]1. The minimum Gasteiger partial charge on any atom is -0.326 e. The number of H-pyrrole nitrogens is 1. The number of nitrogens with one attached hydrogen (secondary N) is 3. The molecule has 0 radical (unpaired) electrons. The molecule has 0 aliphatic carbocycles. The number of aromatic amines is 1. The second kappa shape index (κ2) is 7.10. The number of rotatable bonds is 5. The minimum absolute atomic E-state index is 0.105. The summed E-state index contributed by atoms with van der Waals surface area (Å²) in [5.41, 5.74) is 0.919. The lowest BCUT2D eigenvalue weighted by Gasteiger charge is -2.33. The molecule has 1 aliphatic heterocycles. The molecule has 154 valence electrons. The Labute approximate surface area is 176 Å². The number of amides is 1. The van der Waals surface area contributed by atoms with Gasteiger partial charge in [-0.2, -0.15) is 15.1 Å². The highest BCUT2D eigenvalue weighted by atomic mass is 32.1. The molecule has 10 nitrogen and oxygen atoms in total. The number of aromatic nitrogens is 6. The van der Waals surface area contributed by atoms with Gasteiger partial charge in [-0.3, -0.25) is 19.6 Å². The first-order valence-corrected chi connectivity index (χ1v) is 10.5. The van der Waals surface area contributed by atoms with E-state index < -0.39 is 5.54 Å². The van der Waals surface area contributed by atoms with Gasteiger partial charge in [0.25, 0.3) is 5.91 Å². The second-order valence-electron chi connectivity index (χ2n) is 7.47. The van der Waals surface area contributed by atoms with Crippen molar-refractivity contribution >= 4 is 45.7 Å². The van der Waals surface area contributed by atoms with Crippen molar-refractivity contribution in [3.63, 3.8) is 0 Å². The summed E-state index contributed by atoms with van der Waals surface area (Å²) >= 11 is 1.40. The number of anilines is 4. The van der Waals surface area contributed by atoms with Crippen molar-refractivity contribution in [2.24, 2.45) is 0 Å². The fourth-order valence-corrected chi connectivity index (χ4v) is 4.28. The third-order valence-corrected chi connectivity index (χ3v) is 6.03. The number of fused-ring (bicyclic) bond motifs is 1. The van der Waals surface area contributed by atoms with Crippen molar-refractivity contribution in [2.75, 3.05) is 22.1 Å². The molecule has 30 heavy (non-hydrogen) atoms. The van der Waals surface area contributed by atoms with Gasteiger partial charge in [-0.1, -0.05) is 0 Å². The topological polar surface area (TPSA) is 116 Å². The van der Waals surface area contributed by atoms with Crippen LogP contribution in [0, 0.1) is 6.92 Å². The van der Waals surface area contributed by atoms with E-state index in [2.05, 4.69) is 25.8 Å². The summed E-state index contributed by atoms with van der Waals surface area (Å²) < 4.78 is 1.86. The highest BCUT2D eigenvalue weighted by Gasteiger charge is 2.45. The second-order valence-corrected chi connectivity index (χ2v) is 8.36. The zero-order chi connectivity index (χ0) is 20.7. The van der Waals surface area contributed by atoms with E-state index >= 15 is 0 Å². The summed E-state index contributed by atoms with van der Waals surface area (Å²) in [6.45, 7) is 4.56. The summed E-state index contributed by atoms with van der Waals surface area (Å²) in [4.78, 5) is 28.7. The van der Waals surface area contributed by atoms with Crippen LogP contribution < -0.4 is 15.5 Å². The Kier molecular flexibility index (Phi) is 4.39. The lowest BCUT2D eigenvalue weighted by Crippen LogP contribution is -2.51. The number of hydrogen-bond donors (Lipinski definition) is 3. The lowest BCUT2D eigenvalue weighted by molar-refractivity contribution is -0.120. The van der Waals surface area contributed by atoms with Crippen LogP contribution in [0.15, 0.2) is 36.0 Å². The van der Waals surface area contributed by atoms with Crippen LogP contribution in [0.1, 0.15) is 25.5 Å². The van der Waals surface area contributed by atoms with E-state index in [1.165, 1.54) is 11.3 Å². The van der Waals surface area contributed by atoms with Gasteiger partial charge in [0.2, 0.25) is 11.9 Å². The van der Waals surface area contributed by atoms with E-state index in [1.807, 2.05) is 52.9 Å². The van der Waals surface area contributed by atoms with Gasteiger partial charge < -0.3 is 10.2 Å². The first-order valence-electron chi connectivity index (χ1n) is 9.66. The van der Waals surface area contributed by atoms with Gasteiger partial charge in [0, 0.05) is 36.1 Å².